The van der Waals surface area contributed by atoms with E-state index in [-0.39, 0.29) is 5.56 Å². The molecule has 1 aromatic carbocycles. The van der Waals surface area contributed by atoms with Crippen molar-refractivity contribution in [1.29, 1.82) is 0 Å². The van der Waals surface area contributed by atoms with Crippen LogP contribution in [0.15, 0.2) is 24.5 Å². The summed E-state index contributed by atoms with van der Waals surface area (Å²) in [6.45, 7) is 4.54. The van der Waals surface area contributed by atoms with Gasteiger partial charge in [0.25, 0.3) is 0 Å². The molecule has 1 aromatic heterocycles. The van der Waals surface area contributed by atoms with E-state index >= 15 is 0 Å². The molecule has 0 aliphatic heterocycles. The van der Waals surface area contributed by atoms with Crippen LogP contribution in [0.25, 0.3) is 11.1 Å². The smallest absolute Gasteiger partial charge is 0.335 e. The average molecular weight is 276 g/mol. The average Bonchev–Trinajstić information content (AvgIpc) is 2.92. The highest BCUT2D eigenvalue weighted by Crippen LogP contribution is 2.39. The van der Waals surface area contributed by atoms with Crippen molar-refractivity contribution < 1.29 is 19.4 Å². The molecule has 0 aliphatic carbocycles. The van der Waals surface area contributed by atoms with Gasteiger partial charge < -0.3 is 14.6 Å². The SMILES string of the molecule is CCOc1cc(C(=O)O)cc(OCC)c1-c1cn[nH]c1. The number of ether oxygens (including phenoxy) is 2. The number of nitrogens with one attached hydrogen (secondary N) is 1. The minimum atomic E-state index is -1.02. The maximum Gasteiger partial charge on any atom is 0.335 e. The summed E-state index contributed by atoms with van der Waals surface area (Å²) in [5.41, 5.74) is 1.62. The fourth-order valence-electron chi connectivity index (χ4n) is 1.92. The number of aromatic nitrogens is 2. The second-order valence-corrected chi connectivity index (χ2v) is 4.01. The molecular weight excluding hydrogens is 260 g/mol. The molecule has 1 heterocycles. The number of aromatic amines is 1. The number of carboxylic acid groups (broad SMARTS) is 1. The molecule has 0 aliphatic rings. The Hall–Kier alpha value is -2.50. The Morgan fingerprint density at radius 3 is 2.25 bits per heavy atom. The fraction of sp³-hybridized carbons (Fsp3) is 0.286. The number of aromatic carboxylic acids is 1. The van der Waals surface area contributed by atoms with Gasteiger partial charge in [-0.2, -0.15) is 5.10 Å². The molecule has 2 aromatic rings. The van der Waals surface area contributed by atoms with E-state index in [4.69, 9.17) is 14.6 Å². The van der Waals surface area contributed by atoms with Crippen molar-refractivity contribution >= 4 is 5.97 Å². The Morgan fingerprint density at radius 2 is 1.85 bits per heavy atom. The lowest BCUT2D eigenvalue weighted by Crippen LogP contribution is -2.03. The highest BCUT2D eigenvalue weighted by molar-refractivity contribution is 5.91. The summed E-state index contributed by atoms with van der Waals surface area (Å²) in [5.74, 6) is -0.0832. The normalized spacial score (nSPS) is 10.3. The zero-order valence-electron chi connectivity index (χ0n) is 11.3. The van der Waals surface area contributed by atoms with Crippen molar-refractivity contribution in [3.8, 4) is 22.6 Å². The van der Waals surface area contributed by atoms with E-state index in [2.05, 4.69) is 10.2 Å². The van der Waals surface area contributed by atoms with Crippen molar-refractivity contribution in [2.75, 3.05) is 13.2 Å². The highest BCUT2D eigenvalue weighted by Gasteiger charge is 2.18. The zero-order valence-corrected chi connectivity index (χ0v) is 11.3. The Kier molecular flexibility index (Phi) is 4.24. The molecule has 0 fully saturated rings. The first kappa shape index (κ1) is 13.9. The number of carbonyl (C=O) groups is 1. The van der Waals surface area contributed by atoms with E-state index in [1.807, 2.05) is 13.8 Å². The summed E-state index contributed by atoms with van der Waals surface area (Å²) in [6, 6.07) is 2.99. The van der Waals surface area contributed by atoms with E-state index in [1.54, 1.807) is 12.4 Å². The van der Waals surface area contributed by atoms with Gasteiger partial charge in [0, 0.05) is 11.8 Å². The van der Waals surface area contributed by atoms with E-state index in [9.17, 15) is 4.79 Å². The second-order valence-electron chi connectivity index (χ2n) is 4.01. The predicted octanol–water partition coefficient (Wildman–Crippen LogP) is 2.57. The lowest BCUT2D eigenvalue weighted by Gasteiger charge is -2.15. The van der Waals surface area contributed by atoms with Gasteiger partial charge >= 0.3 is 5.97 Å². The first-order valence-electron chi connectivity index (χ1n) is 6.33. The Morgan fingerprint density at radius 1 is 1.25 bits per heavy atom. The van der Waals surface area contributed by atoms with Crippen molar-refractivity contribution in [3.05, 3.63) is 30.1 Å². The van der Waals surface area contributed by atoms with Crippen LogP contribution in [0, 0.1) is 0 Å². The maximum absolute atomic E-state index is 11.2. The molecule has 2 rings (SSSR count). The minimum Gasteiger partial charge on any atom is -0.493 e. The lowest BCUT2D eigenvalue weighted by molar-refractivity contribution is 0.0696. The van der Waals surface area contributed by atoms with Gasteiger partial charge in [-0.15, -0.1) is 0 Å². The molecule has 6 nitrogen and oxygen atoms in total. The molecule has 20 heavy (non-hydrogen) atoms. The molecule has 6 heteroatoms. The predicted molar refractivity (Wildman–Crippen MR) is 73.3 cm³/mol. The summed E-state index contributed by atoms with van der Waals surface area (Å²) < 4.78 is 11.1. The third-order valence-electron chi connectivity index (χ3n) is 2.70. The summed E-state index contributed by atoms with van der Waals surface area (Å²) in [6.07, 6.45) is 3.35. The molecule has 0 bridgehead atoms. The fourth-order valence-corrected chi connectivity index (χ4v) is 1.92. The topological polar surface area (TPSA) is 84.4 Å². The third kappa shape index (κ3) is 2.74. The standard InChI is InChI=1S/C14H16N2O4/c1-3-19-11-5-9(14(17)18)6-12(20-4-2)13(11)10-7-15-16-8-10/h5-8H,3-4H2,1-2H3,(H,15,16)(H,17,18). The van der Waals surface area contributed by atoms with E-state index < -0.39 is 5.97 Å². The Labute approximate surface area is 116 Å². The number of hydrogen-bond donors (Lipinski definition) is 2. The van der Waals surface area contributed by atoms with Gasteiger partial charge in [0.1, 0.15) is 11.5 Å². The molecule has 0 saturated carbocycles. The molecule has 0 atom stereocenters. The van der Waals surface area contributed by atoms with Crippen LogP contribution in [-0.2, 0) is 0 Å². The molecule has 0 unspecified atom stereocenters. The van der Waals surface area contributed by atoms with Crippen molar-refractivity contribution in [2.24, 2.45) is 0 Å². The number of carboxylic acids is 1. The minimum absolute atomic E-state index is 0.129. The number of H-pyrrole nitrogens is 1. The van der Waals surface area contributed by atoms with Gasteiger partial charge in [0.2, 0.25) is 0 Å². The van der Waals surface area contributed by atoms with Crippen LogP contribution < -0.4 is 9.47 Å². The molecule has 0 radical (unpaired) electrons. The number of nitrogens with zero attached hydrogens (tertiary/aromatic N) is 1. The van der Waals surface area contributed by atoms with Crippen LogP contribution in [0.1, 0.15) is 24.2 Å². The molecular formula is C14H16N2O4. The van der Waals surface area contributed by atoms with Crippen LogP contribution in [-0.4, -0.2) is 34.5 Å². The Bertz CT molecular complexity index is 566. The second kappa shape index (κ2) is 6.10. The summed E-state index contributed by atoms with van der Waals surface area (Å²) >= 11 is 0. The van der Waals surface area contributed by atoms with Crippen LogP contribution in [0.5, 0.6) is 11.5 Å². The number of benzene rings is 1. The maximum atomic E-state index is 11.2. The molecule has 106 valence electrons. The molecule has 2 N–H and O–H groups in total. The zero-order chi connectivity index (χ0) is 14.5. The van der Waals surface area contributed by atoms with Crippen molar-refractivity contribution in [2.45, 2.75) is 13.8 Å². The number of hydrogen-bond acceptors (Lipinski definition) is 4. The first-order chi connectivity index (χ1) is 9.67. The largest absolute Gasteiger partial charge is 0.493 e. The third-order valence-corrected chi connectivity index (χ3v) is 2.70. The number of rotatable bonds is 6. The highest BCUT2D eigenvalue weighted by atomic mass is 16.5. The molecule has 0 amide bonds. The van der Waals surface area contributed by atoms with Crippen LogP contribution in [0.2, 0.25) is 0 Å². The lowest BCUT2D eigenvalue weighted by atomic mass is 10.0. The molecule has 0 saturated heterocycles. The van der Waals surface area contributed by atoms with Gasteiger partial charge in [-0.1, -0.05) is 0 Å². The van der Waals surface area contributed by atoms with Gasteiger partial charge in [-0.05, 0) is 26.0 Å². The van der Waals surface area contributed by atoms with Crippen LogP contribution >= 0.6 is 0 Å². The van der Waals surface area contributed by atoms with Gasteiger partial charge in [0.15, 0.2) is 0 Å². The van der Waals surface area contributed by atoms with Crippen molar-refractivity contribution in [3.63, 3.8) is 0 Å². The van der Waals surface area contributed by atoms with Gasteiger partial charge in [-0.3, -0.25) is 5.10 Å². The van der Waals surface area contributed by atoms with Gasteiger partial charge in [-0.25, -0.2) is 4.79 Å². The molecule has 0 spiro atoms. The first-order valence-corrected chi connectivity index (χ1v) is 6.33. The van der Waals surface area contributed by atoms with Crippen molar-refractivity contribution in [1.82, 2.24) is 10.2 Å². The summed E-state index contributed by atoms with van der Waals surface area (Å²) in [4.78, 5) is 11.2. The monoisotopic (exact) mass is 276 g/mol. The Balaban J connectivity index is 2.64. The van der Waals surface area contributed by atoms with Crippen LogP contribution in [0.3, 0.4) is 0 Å². The quantitative estimate of drug-likeness (QED) is 0.847. The summed E-state index contributed by atoms with van der Waals surface area (Å²) in [5, 5.41) is 15.8. The summed E-state index contributed by atoms with van der Waals surface area (Å²) in [7, 11) is 0. The van der Waals surface area contributed by atoms with Gasteiger partial charge in [0.05, 0.1) is 30.5 Å². The van der Waals surface area contributed by atoms with E-state index in [0.29, 0.717) is 30.3 Å². The van der Waals surface area contributed by atoms with E-state index in [1.165, 1.54) is 12.1 Å². The van der Waals surface area contributed by atoms with E-state index in [0.717, 1.165) is 5.56 Å². The van der Waals surface area contributed by atoms with Crippen LogP contribution in [0.4, 0.5) is 0 Å².